The van der Waals surface area contributed by atoms with Crippen molar-refractivity contribution in [2.75, 3.05) is 6.54 Å². The van der Waals surface area contributed by atoms with E-state index in [0.29, 0.717) is 6.54 Å². The fourth-order valence-corrected chi connectivity index (χ4v) is 1.99. The maximum Gasteiger partial charge on any atom is 0.115 e. The van der Waals surface area contributed by atoms with E-state index < -0.39 is 0 Å². The normalized spacial score (nSPS) is 13.9. The van der Waals surface area contributed by atoms with Gasteiger partial charge in [0.25, 0.3) is 0 Å². The lowest BCUT2D eigenvalue weighted by molar-refractivity contribution is 0.164. The Morgan fingerprint density at radius 3 is 2.35 bits per heavy atom. The van der Waals surface area contributed by atoms with Gasteiger partial charge in [0.1, 0.15) is 6.33 Å². The molecule has 1 heterocycles. The highest BCUT2D eigenvalue weighted by Crippen LogP contribution is 2.20. The SMILES string of the molecule is CC[C@@H](O)CNC(C)c1ccc(-c2cncnc2)cc1. The number of hydrogen-bond donors (Lipinski definition) is 2. The molecule has 0 bridgehead atoms. The Morgan fingerprint density at radius 1 is 1.10 bits per heavy atom. The monoisotopic (exact) mass is 271 g/mol. The number of aliphatic hydroxyl groups is 1. The van der Waals surface area contributed by atoms with Crippen LogP contribution in [0.5, 0.6) is 0 Å². The van der Waals surface area contributed by atoms with Crippen LogP contribution in [0.2, 0.25) is 0 Å². The first kappa shape index (κ1) is 14.6. The van der Waals surface area contributed by atoms with Crippen LogP contribution in [0.3, 0.4) is 0 Å². The van der Waals surface area contributed by atoms with Gasteiger partial charge in [0.15, 0.2) is 0 Å². The van der Waals surface area contributed by atoms with Gasteiger partial charge in [-0.3, -0.25) is 0 Å². The summed E-state index contributed by atoms with van der Waals surface area (Å²) in [6.07, 6.45) is 5.64. The fraction of sp³-hybridized carbons (Fsp3) is 0.375. The van der Waals surface area contributed by atoms with E-state index in [2.05, 4.69) is 46.5 Å². The summed E-state index contributed by atoms with van der Waals surface area (Å²) in [6, 6.07) is 8.55. The molecule has 1 aromatic carbocycles. The van der Waals surface area contributed by atoms with Crippen LogP contribution >= 0.6 is 0 Å². The first-order valence-corrected chi connectivity index (χ1v) is 6.97. The second-order valence-electron chi connectivity index (χ2n) is 4.94. The molecule has 0 spiro atoms. The minimum atomic E-state index is -0.279. The number of aromatic nitrogens is 2. The summed E-state index contributed by atoms with van der Waals surface area (Å²) < 4.78 is 0. The van der Waals surface area contributed by atoms with Crippen LogP contribution in [0.25, 0.3) is 11.1 Å². The van der Waals surface area contributed by atoms with E-state index in [-0.39, 0.29) is 12.1 Å². The van der Waals surface area contributed by atoms with E-state index in [1.54, 1.807) is 12.4 Å². The Hall–Kier alpha value is -1.78. The lowest BCUT2D eigenvalue weighted by Crippen LogP contribution is -2.28. The largest absolute Gasteiger partial charge is 0.392 e. The highest BCUT2D eigenvalue weighted by molar-refractivity contribution is 5.61. The number of rotatable bonds is 6. The molecule has 2 atom stereocenters. The van der Waals surface area contributed by atoms with Crippen molar-refractivity contribution < 1.29 is 5.11 Å². The van der Waals surface area contributed by atoms with E-state index in [9.17, 15) is 5.11 Å². The topological polar surface area (TPSA) is 58.0 Å². The molecule has 106 valence electrons. The van der Waals surface area contributed by atoms with E-state index in [1.165, 1.54) is 11.9 Å². The second-order valence-corrected chi connectivity index (χ2v) is 4.94. The van der Waals surface area contributed by atoms with Gasteiger partial charge in [-0.1, -0.05) is 31.2 Å². The number of hydrogen-bond acceptors (Lipinski definition) is 4. The number of nitrogens with zero attached hydrogens (tertiary/aromatic N) is 2. The molecule has 4 heteroatoms. The van der Waals surface area contributed by atoms with Gasteiger partial charge in [-0.25, -0.2) is 9.97 Å². The number of benzene rings is 1. The van der Waals surface area contributed by atoms with Gasteiger partial charge in [-0.05, 0) is 24.5 Å². The van der Waals surface area contributed by atoms with Crippen molar-refractivity contribution >= 4 is 0 Å². The molecule has 0 saturated heterocycles. The molecule has 2 aromatic rings. The molecular formula is C16H21N3O. The van der Waals surface area contributed by atoms with E-state index in [1.807, 2.05) is 6.92 Å². The third-order valence-electron chi connectivity index (χ3n) is 3.44. The van der Waals surface area contributed by atoms with E-state index in [0.717, 1.165) is 17.5 Å². The zero-order valence-corrected chi connectivity index (χ0v) is 12.0. The minimum absolute atomic E-state index is 0.220. The molecule has 1 aromatic heterocycles. The van der Waals surface area contributed by atoms with Crippen LogP contribution < -0.4 is 5.32 Å². The molecule has 0 aliphatic rings. The minimum Gasteiger partial charge on any atom is -0.392 e. The molecule has 0 saturated carbocycles. The lowest BCUT2D eigenvalue weighted by atomic mass is 10.0. The van der Waals surface area contributed by atoms with Crippen LogP contribution in [-0.2, 0) is 0 Å². The van der Waals surface area contributed by atoms with Gasteiger partial charge in [0, 0.05) is 30.5 Å². The molecule has 0 radical (unpaired) electrons. The maximum absolute atomic E-state index is 9.57. The average molecular weight is 271 g/mol. The predicted octanol–water partition coefficient (Wildman–Crippen LogP) is 2.57. The van der Waals surface area contributed by atoms with Crippen molar-refractivity contribution in [3.05, 3.63) is 48.5 Å². The highest BCUT2D eigenvalue weighted by Gasteiger charge is 2.07. The van der Waals surface area contributed by atoms with Crippen LogP contribution in [-0.4, -0.2) is 27.7 Å². The molecular weight excluding hydrogens is 250 g/mol. The summed E-state index contributed by atoms with van der Waals surface area (Å²) in [5.74, 6) is 0. The Balaban J connectivity index is 2.01. The van der Waals surface area contributed by atoms with Crippen LogP contribution in [0.4, 0.5) is 0 Å². The summed E-state index contributed by atoms with van der Waals surface area (Å²) in [7, 11) is 0. The van der Waals surface area contributed by atoms with E-state index in [4.69, 9.17) is 0 Å². The summed E-state index contributed by atoms with van der Waals surface area (Å²) in [5.41, 5.74) is 3.32. The Bertz CT molecular complexity index is 513. The molecule has 0 fully saturated rings. The summed E-state index contributed by atoms with van der Waals surface area (Å²) >= 11 is 0. The Labute approximate surface area is 119 Å². The van der Waals surface area contributed by atoms with Gasteiger partial charge in [0.05, 0.1) is 6.10 Å². The number of aliphatic hydroxyl groups excluding tert-OH is 1. The van der Waals surface area contributed by atoms with Gasteiger partial charge < -0.3 is 10.4 Å². The second kappa shape index (κ2) is 7.12. The van der Waals surface area contributed by atoms with Crippen molar-refractivity contribution in [1.82, 2.24) is 15.3 Å². The molecule has 2 N–H and O–H groups in total. The Morgan fingerprint density at radius 2 is 1.75 bits per heavy atom. The fourth-order valence-electron chi connectivity index (χ4n) is 1.99. The molecule has 1 unspecified atom stereocenters. The maximum atomic E-state index is 9.57. The average Bonchev–Trinajstić information content (AvgIpc) is 2.53. The highest BCUT2D eigenvalue weighted by atomic mass is 16.3. The van der Waals surface area contributed by atoms with Crippen LogP contribution in [0, 0.1) is 0 Å². The van der Waals surface area contributed by atoms with Crippen molar-refractivity contribution in [2.24, 2.45) is 0 Å². The Kier molecular flexibility index (Phi) is 5.21. The van der Waals surface area contributed by atoms with Crippen molar-refractivity contribution in [1.29, 1.82) is 0 Å². The van der Waals surface area contributed by atoms with Gasteiger partial charge >= 0.3 is 0 Å². The smallest absolute Gasteiger partial charge is 0.115 e. The summed E-state index contributed by atoms with van der Waals surface area (Å²) in [5, 5.41) is 12.9. The molecule has 0 aliphatic carbocycles. The van der Waals surface area contributed by atoms with Crippen molar-refractivity contribution in [3.8, 4) is 11.1 Å². The molecule has 0 amide bonds. The zero-order chi connectivity index (χ0) is 14.4. The standard InChI is InChI=1S/C16H21N3O/c1-3-16(20)10-19-12(2)13-4-6-14(7-5-13)15-8-17-11-18-9-15/h4-9,11-12,16,19-20H,3,10H2,1-2H3/t12?,16-/m1/s1. The third-order valence-corrected chi connectivity index (χ3v) is 3.44. The number of nitrogens with one attached hydrogen (secondary N) is 1. The van der Waals surface area contributed by atoms with Crippen molar-refractivity contribution in [2.45, 2.75) is 32.4 Å². The van der Waals surface area contributed by atoms with Crippen LogP contribution in [0.15, 0.2) is 43.0 Å². The van der Waals surface area contributed by atoms with Gasteiger partial charge in [-0.2, -0.15) is 0 Å². The predicted molar refractivity (Wildman–Crippen MR) is 80.2 cm³/mol. The van der Waals surface area contributed by atoms with Crippen LogP contribution in [0.1, 0.15) is 31.9 Å². The summed E-state index contributed by atoms with van der Waals surface area (Å²) in [4.78, 5) is 8.05. The van der Waals surface area contributed by atoms with E-state index >= 15 is 0 Å². The first-order chi connectivity index (χ1) is 9.70. The van der Waals surface area contributed by atoms with Gasteiger partial charge in [0.2, 0.25) is 0 Å². The molecule has 20 heavy (non-hydrogen) atoms. The third kappa shape index (κ3) is 3.85. The van der Waals surface area contributed by atoms with Crippen molar-refractivity contribution in [3.63, 3.8) is 0 Å². The summed E-state index contributed by atoms with van der Waals surface area (Å²) in [6.45, 7) is 4.70. The molecule has 4 nitrogen and oxygen atoms in total. The quantitative estimate of drug-likeness (QED) is 0.847. The molecule has 0 aliphatic heterocycles. The first-order valence-electron chi connectivity index (χ1n) is 6.97. The lowest BCUT2D eigenvalue weighted by Gasteiger charge is -2.17. The van der Waals surface area contributed by atoms with Gasteiger partial charge in [-0.15, -0.1) is 0 Å². The molecule has 2 rings (SSSR count). The zero-order valence-electron chi connectivity index (χ0n) is 12.0.